The number of anilines is 2. The molecule has 0 bridgehead atoms. The fourth-order valence-corrected chi connectivity index (χ4v) is 5.52. The van der Waals surface area contributed by atoms with Gasteiger partial charge in [0.05, 0.1) is 12.2 Å². The minimum atomic E-state index is -0.0802. The number of nitrogens with zero attached hydrogens (tertiary/aromatic N) is 4. The Morgan fingerprint density at radius 3 is 2.59 bits per heavy atom. The van der Waals surface area contributed by atoms with Gasteiger partial charge < -0.3 is 20.5 Å². The molecular formula is C31H33N7O. The van der Waals surface area contributed by atoms with Gasteiger partial charge in [-0.15, -0.1) is 0 Å². The van der Waals surface area contributed by atoms with Crippen LogP contribution in [0.4, 0.5) is 11.4 Å². The molecule has 5 aromatic rings. The van der Waals surface area contributed by atoms with Gasteiger partial charge in [-0.2, -0.15) is 5.10 Å². The molecule has 1 saturated heterocycles. The second-order valence-electron chi connectivity index (χ2n) is 10.2. The second-order valence-corrected chi connectivity index (χ2v) is 10.2. The summed E-state index contributed by atoms with van der Waals surface area (Å²) < 4.78 is 2.03. The maximum Gasteiger partial charge on any atom is 0.221 e. The van der Waals surface area contributed by atoms with Gasteiger partial charge >= 0.3 is 0 Å². The molecule has 1 fully saturated rings. The van der Waals surface area contributed by atoms with Crippen LogP contribution >= 0.6 is 0 Å². The molecule has 3 aromatic heterocycles. The van der Waals surface area contributed by atoms with Crippen molar-refractivity contribution >= 4 is 28.3 Å². The van der Waals surface area contributed by atoms with Crippen LogP contribution in [0.25, 0.3) is 33.3 Å². The first kappa shape index (κ1) is 24.9. The van der Waals surface area contributed by atoms with E-state index in [0.717, 1.165) is 82.1 Å². The zero-order valence-corrected chi connectivity index (χ0v) is 22.6. The van der Waals surface area contributed by atoms with E-state index in [4.69, 9.17) is 10.1 Å². The maximum absolute atomic E-state index is 11.5. The number of carbonyl (C=O) groups excluding carboxylic acids is 1. The van der Waals surface area contributed by atoms with Crippen molar-refractivity contribution in [3.63, 3.8) is 0 Å². The molecule has 2 aromatic carbocycles. The number of aromatic nitrogens is 4. The van der Waals surface area contributed by atoms with Crippen molar-refractivity contribution in [3.8, 4) is 22.3 Å². The SMILES string of the molecule is CC(=O)Nc1cccc(Cn2nc(C)c(-c3c[nH]c4ncc(-c5ccc(N6CCNCC6)cc5)cc34)c2C)c1. The molecule has 198 valence electrons. The van der Waals surface area contributed by atoms with E-state index in [1.54, 1.807) is 0 Å². The number of fused-ring (bicyclic) bond motifs is 1. The molecule has 1 aliphatic heterocycles. The summed E-state index contributed by atoms with van der Waals surface area (Å²) in [5, 5.41) is 12.2. The molecule has 0 atom stereocenters. The number of benzene rings is 2. The highest BCUT2D eigenvalue weighted by Crippen LogP contribution is 2.35. The summed E-state index contributed by atoms with van der Waals surface area (Å²) >= 11 is 0. The van der Waals surface area contributed by atoms with E-state index in [1.165, 1.54) is 12.6 Å². The third kappa shape index (κ3) is 5.03. The number of aromatic amines is 1. The predicted octanol–water partition coefficient (Wildman–Crippen LogP) is 5.13. The van der Waals surface area contributed by atoms with Crippen LogP contribution in [-0.4, -0.2) is 51.8 Å². The highest BCUT2D eigenvalue weighted by molar-refractivity contribution is 5.97. The molecule has 0 aliphatic carbocycles. The van der Waals surface area contributed by atoms with Gasteiger partial charge in [0.15, 0.2) is 0 Å². The minimum Gasteiger partial charge on any atom is -0.369 e. The number of aryl methyl sites for hydroxylation is 1. The van der Waals surface area contributed by atoms with Crippen LogP contribution in [0.2, 0.25) is 0 Å². The fraction of sp³-hybridized carbons (Fsp3) is 0.258. The summed E-state index contributed by atoms with van der Waals surface area (Å²) in [6, 6.07) is 18.9. The molecule has 8 heteroatoms. The number of piperazine rings is 1. The number of carbonyl (C=O) groups is 1. The van der Waals surface area contributed by atoms with Gasteiger partial charge in [0.25, 0.3) is 0 Å². The molecule has 6 rings (SSSR count). The van der Waals surface area contributed by atoms with Crippen LogP contribution in [0.1, 0.15) is 23.9 Å². The molecule has 0 unspecified atom stereocenters. The first-order chi connectivity index (χ1) is 19.0. The smallest absolute Gasteiger partial charge is 0.221 e. The van der Waals surface area contributed by atoms with Gasteiger partial charge in [-0.1, -0.05) is 24.3 Å². The van der Waals surface area contributed by atoms with Crippen LogP contribution in [0.5, 0.6) is 0 Å². The molecule has 0 radical (unpaired) electrons. The molecule has 3 N–H and O–H groups in total. The molecule has 0 saturated carbocycles. The van der Waals surface area contributed by atoms with E-state index in [9.17, 15) is 4.79 Å². The normalized spacial score (nSPS) is 13.7. The van der Waals surface area contributed by atoms with Crippen LogP contribution in [0, 0.1) is 13.8 Å². The van der Waals surface area contributed by atoms with E-state index in [2.05, 4.69) is 70.8 Å². The van der Waals surface area contributed by atoms with E-state index in [0.29, 0.717) is 6.54 Å². The number of pyridine rings is 1. The second kappa shape index (κ2) is 10.4. The van der Waals surface area contributed by atoms with Gasteiger partial charge in [-0.25, -0.2) is 4.98 Å². The lowest BCUT2D eigenvalue weighted by molar-refractivity contribution is -0.114. The summed E-state index contributed by atoms with van der Waals surface area (Å²) in [6.07, 6.45) is 3.97. The number of rotatable bonds is 6. The average Bonchev–Trinajstić information content (AvgIpc) is 3.47. The summed E-state index contributed by atoms with van der Waals surface area (Å²) in [5.74, 6) is -0.0802. The Morgan fingerprint density at radius 1 is 1.03 bits per heavy atom. The Morgan fingerprint density at radius 2 is 1.82 bits per heavy atom. The van der Waals surface area contributed by atoms with E-state index in [1.807, 2.05) is 35.3 Å². The third-order valence-corrected chi connectivity index (χ3v) is 7.44. The lowest BCUT2D eigenvalue weighted by atomic mass is 10.0. The molecule has 4 heterocycles. The Balaban J connectivity index is 1.30. The fourth-order valence-electron chi connectivity index (χ4n) is 5.52. The summed E-state index contributed by atoms with van der Waals surface area (Å²) in [7, 11) is 0. The van der Waals surface area contributed by atoms with E-state index >= 15 is 0 Å². The highest BCUT2D eigenvalue weighted by atomic mass is 16.1. The highest BCUT2D eigenvalue weighted by Gasteiger charge is 2.18. The van der Waals surface area contributed by atoms with Gasteiger partial charge in [0.1, 0.15) is 5.65 Å². The van der Waals surface area contributed by atoms with Crippen LogP contribution in [0.3, 0.4) is 0 Å². The largest absolute Gasteiger partial charge is 0.369 e. The van der Waals surface area contributed by atoms with E-state index in [-0.39, 0.29) is 5.91 Å². The first-order valence-electron chi connectivity index (χ1n) is 13.4. The lowest BCUT2D eigenvalue weighted by Crippen LogP contribution is -2.43. The summed E-state index contributed by atoms with van der Waals surface area (Å²) in [6.45, 7) is 10.4. The first-order valence-corrected chi connectivity index (χ1v) is 13.4. The Kier molecular flexibility index (Phi) is 6.62. The van der Waals surface area contributed by atoms with Crippen molar-refractivity contribution in [1.29, 1.82) is 0 Å². The third-order valence-electron chi connectivity index (χ3n) is 7.44. The quantitative estimate of drug-likeness (QED) is 0.289. The predicted molar refractivity (Wildman–Crippen MR) is 157 cm³/mol. The Bertz CT molecular complexity index is 1640. The number of H-pyrrole nitrogens is 1. The zero-order chi connectivity index (χ0) is 26.9. The molecule has 1 aliphatic rings. The lowest BCUT2D eigenvalue weighted by Gasteiger charge is -2.29. The van der Waals surface area contributed by atoms with Gasteiger partial charge in [-0.05, 0) is 55.3 Å². The average molecular weight is 520 g/mol. The molecular weight excluding hydrogens is 486 g/mol. The molecule has 1 amide bonds. The standard InChI is InChI=1S/C31H33N7O/c1-20-30(21(2)38(36-20)19-23-5-4-6-26(15-23)35-22(3)39)29-18-34-31-28(29)16-25(17-33-31)24-7-9-27(10-8-24)37-13-11-32-12-14-37/h4-10,15-18,32H,11-14,19H2,1-3H3,(H,33,34)(H,35,39). The number of nitrogens with one attached hydrogen (secondary N) is 3. The van der Waals surface area contributed by atoms with Crippen molar-refractivity contribution < 1.29 is 4.79 Å². The van der Waals surface area contributed by atoms with Crippen molar-refractivity contribution in [3.05, 3.63) is 83.9 Å². The van der Waals surface area contributed by atoms with E-state index < -0.39 is 0 Å². The topological polar surface area (TPSA) is 90.9 Å². The van der Waals surface area contributed by atoms with Crippen LogP contribution < -0.4 is 15.5 Å². The van der Waals surface area contributed by atoms with Crippen LogP contribution in [0.15, 0.2) is 67.0 Å². The van der Waals surface area contributed by atoms with Crippen molar-refractivity contribution in [2.24, 2.45) is 0 Å². The minimum absolute atomic E-state index is 0.0802. The van der Waals surface area contributed by atoms with Crippen LogP contribution in [-0.2, 0) is 11.3 Å². The van der Waals surface area contributed by atoms with Gasteiger partial charge in [0.2, 0.25) is 5.91 Å². The Labute approximate surface area is 228 Å². The number of amides is 1. The van der Waals surface area contributed by atoms with Gasteiger partial charge in [-0.3, -0.25) is 9.48 Å². The van der Waals surface area contributed by atoms with Crippen molar-refractivity contribution in [1.82, 2.24) is 25.1 Å². The Hall–Kier alpha value is -4.43. The zero-order valence-electron chi connectivity index (χ0n) is 22.6. The molecule has 39 heavy (non-hydrogen) atoms. The van der Waals surface area contributed by atoms with Crippen molar-refractivity contribution in [2.45, 2.75) is 27.3 Å². The molecule has 0 spiro atoms. The van der Waals surface area contributed by atoms with Gasteiger partial charge in [0, 0.05) is 84.6 Å². The summed E-state index contributed by atoms with van der Waals surface area (Å²) in [5.41, 5.74) is 10.5. The number of hydrogen-bond donors (Lipinski definition) is 3. The molecule has 8 nitrogen and oxygen atoms in total. The summed E-state index contributed by atoms with van der Waals surface area (Å²) in [4.78, 5) is 22.0. The van der Waals surface area contributed by atoms with Crippen molar-refractivity contribution in [2.75, 3.05) is 36.4 Å². The monoisotopic (exact) mass is 519 g/mol. The maximum atomic E-state index is 11.5. The number of hydrogen-bond acceptors (Lipinski definition) is 5.